The molecule has 1 heterocycles. The lowest BCUT2D eigenvalue weighted by molar-refractivity contribution is -0.142. The summed E-state index contributed by atoms with van der Waals surface area (Å²) in [6.07, 6.45) is 0.157. The third kappa shape index (κ3) is 2.82. The van der Waals surface area contributed by atoms with Crippen LogP contribution in [0.2, 0.25) is 0 Å². The molecule has 1 aromatic rings. The standard InChI is InChI=1S/C15H20N2O3/c1-10(2)9-16-17-13(8-14(18)20-3)11-6-4-5-7-12(11)15(17)19/h4-7,10,13,16H,8-9H2,1-3H3. The Hall–Kier alpha value is -1.88. The summed E-state index contributed by atoms with van der Waals surface area (Å²) < 4.78 is 4.73. The lowest BCUT2D eigenvalue weighted by Crippen LogP contribution is -2.43. The van der Waals surface area contributed by atoms with Crippen LogP contribution in [0.4, 0.5) is 0 Å². The van der Waals surface area contributed by atoms with Crippen molar-refractivity contribution in [3.63, 3.8) is 0 Å². The van der Waals surface area contributed by atoms with Gasteiger partial charge in [-0.1, -0.05) is 32.0 Å². The Kier molecular flexibility index (Phi) is 4.39. The van der Waals surface area contributed by atoms with E-state index in [1.807, 2.05) is 18.2 Å². The van der Waals surface area contributed by atoms with Crippen molar-refractivity contribution in [1.29, 1.82) is 0 Å². The summed E-state index contributed by atoms with van der Waals surface area (Å²) in [7, 11) is 1.36. The van der Waals surface area contributed by atoms with E-state index >= 15 is 0 Å². The van der Waals surface area contributed by atoms with E-state index < -0.39 is 0 Å². The summed E-state index contributed by atoms with van der Waals surface area (Å²) >= 11 is 0. The molecule has 1 amide bonds. The van der Waals surface area contributed by atoms with Gasteiger partial charge in [0.1, 0.15) is 0 Å². The average Bonchev–Trinajstić information content (AvgIpc) is 2.70. The van der Waals surface area contributed by atoms with Gasteiger partial charge in [-0.05, 0) is 17.5 Å². The quantitative estimate of drug-likeness (QED) is 0.835. The number of esters is 1. The molecule has 0 saturated heterocycles. The maximum atomic E-state index is 12.4. The number of fused-ring (bicyclic) bond motifs is 1. The molecule has 0 bridgehead atoms. The Morgan fingerprint density at radius 1 is 1.40 bits per heavy atom. The van der Waals surface area contributed by atoms with Crippen LogP contribution in [0.1, 0.15) is 42.2 Å². The second-order valence-electron chi connectivity index (χ2n) is 5.31. The van der Waals surface area contributed by atoms with Crippen molar-refractivity contribution >= 4 is 11.9 Å². The number of carbonyl (C=O) groups excluding carboxylic acids is 2. The second kappa shape index (κ2) is 6.05. The summed E-state index contributed by atoms with van der Waals surface area (Å²) in [5.41, 5.74) is 4.66. The van der Waals surface area contributed by atoms with Crippen molar-refractivity contribution in [3.8, 4) is 0 Å². The van der Waals surface area contributed by atoms with Gasteiger partial charge in [-0.25, -0.2) is 5.43 Å². The number of nitrogens with zero attached hydrogens (tertiary/aromatic N) is 1. The molecule has 1 unspecified atom stereocenters. The van der Waals surface area contributed by atoms with Crippen LogP contribution in [-0.4, -0.2) is 30.5 Å². The molecule has 0 aliphatic carbocycles. The van der Waals surface area contributed by atoms with Gasteiger partial charge in [-0.3, -0.25) is 14.6 Å². The summed E-state index contributed by atoms with van der Waals surface area (Å²) in [6, 6.07) is 7.09. The van der Waals surface area contributed by atoms with Crippen LogP contribution in [0.15, 0.2) is 24.3 Å². The van der Waals surface area contributed by atoms with Crippen LogP contribution in [0, 0.1) is 5.92 Å². The van der Waals surface area contributed by atoms with Crippen LogP contribution in [0.5, 0.6) is 0 Å². The second-order valence-corrected chi connectivity index (χ2v) is 5.31. The molecule has 0 saturated carbocycles. The van der Waals surface area contributed by atoms with E-state index in [2.05, 4.69) is 19.3 Å². The zero-order valence-electron chi connectivity index (χ0n) is 12.1. The predicted molar refractivity (Wildman–Crippen MR) is 74.8 cm³/mol. The van der Waals surface area contributed by atoms with E-state index in [0.29, 0.717) is 18.0 Å². The number of benzene rings is 1. The van der Waals surface area contributed by atoms with Crippen LogP contribution in [-0.2, 0) is 9.53 Å². The third-order valence-electron chi connectivity index (χ3n) is 3.34. The first-order valence-corrected chi connectivity index (χ1v) is 6.77. The number of hydrogen-bond acceptors (Lipinski definition) is 4. The van der Waals surface area contributed by atoms with E-state index in [9.17, 15) is 9.59 Å². The highest BCUT2D eigenvalue weighted by Crippen LogP contribution is 2.34. The molecule has 5 nitrogen and oxygen atoms in total. The molecule has 20 heavy (non-hydrogen) atoms. The summed E-state index contributed by atoms with van der Waals surface area (Å²) in [5, 5.41) is 1.56. The molecule has 0 radical (unpaired) electrons. The first kappa shape index (κ1) is 14.5. The minimum atomic E-state index is -0.323. The molecule has 1 N–H and O–H groups in total. The SMILES string of the molecule is COC(=O)CC1c2ccccc2C(=O)N1NCC(C)C. The molecule has 1 aliphatic heterocycles. The Labute approximate surface area is 118 Å². The molecular weight excluding hydrogens is 256 g/mol. The van der Waals surface area contributed by atoms with Gasteiger partial charge in [0.25, 0.3) is 5.91 Å². The van der Waals surface area contributed by atoms with Crippen molar-refractivity contribution < 1.29 is 14.3 Å². The summed E-state index contributed by atoms with van der Waals surface area (Å²) in [5.74, 6) is -0.00343. The first-order chi connectivity index (χ1) is 9.54. The molecule has 2 rings (SSSR count). The first-order valence-electron chi connectivity index (χ1n) is 6.77. The lowest BCUT2D eigenvalue weighted by Gasteiger charge is -2.26. The van der Waals surface area contributed by atoms with E-state index in [1.165, 1.54) is 7.11 Å². The Morgan fingerprint density at radius 3 is 2.75 bits per heavy atom. The van der Waals surface area contributed by atoms with E-state index in [-0.39, 0.29) is 24.3 Å². The van der Waals surface area contributed by atoms with E-state index in [4.69, 9.17) is 4.74 Å². The number of methoxy groups -OCH3 is 1. The average molecular weight is 276 g/mol. The molecule has 5 heteroatoms. The van der Waals surface area contributed by atoms with Gasteiger partial charge in [-0.2, -0.15) is 0 Å². The fraction of sp³-hybridized carbons (Fsp3) is 0.467. The van der Waals surface area contributed by atoms with Crippen molar-refractivity contribution in [1.82, 2.24) is 10.4 Å². The van der Waals surface area contributed by atoms with Crippen LogP contribution in [0.3, 0.4) is 0 Å². The van der Waals surface area contributed by atoms with E-state index in [1.54, 1.807) is 11.1 Å². The number of ether oxygens (including phenoxy) is 1. The molecule has 0 spiro atoms. The van der Waals surface area contributed by atoms with Crippen molar-refractivity contribution in [2.24, 2.45) is 5.92 Å². The molecule has 0 aromatic heterocycles. The van der Waals surface area contributed by atoms with Gasteiger partial charge < -0.3 is 4.74 Å². The zero-order chi connectivity index (χ0) is 14.7. The number of hydrazine groups is 1. The molecule has 1 atom stereocenters. The number of carbonyl (C=O) groups is 2. The minimum Gasteiger partial charge on any atom is -0.469 e. The maximum Gasteiger partial charge on any atom is 0.308 e. The van der Waals surface area contributed by atoms with Gasteiger partial charge in [-0.15, -0.1) is 0 Å². The van der Waals surface area contributed by atoms with Crippen LogP contribution < -0.4 is 5.43 Å². The van der Waals surface area contributed by atoms with Gasteiger partial charge in [0.2, 0.25) is 0 Å². The van der Waals surface area contributed by atoms with Gasteiger partial charge >= 0.3 is 5.97 Å². The Bertz CT molecular complexity index is 514. The fourth-order valence-corrected chi connectivity index (χ4v) is 2.30. The molecule has 108 valence electrons. The largest absolute Gasteiger partial charge is 0.469 e. The number of hydrogen-bond donors (Lipinski definition) is 1. The Balaban J connectivity index is 2.26. The monoisotopic (exact) mass is 276 g/mol. The topological polar surface area (TPSA) is 58.6 Å². The zero-order valence-corrected chi connectivity index (χ0v) is 12.1. The third-order valence-corrected chi connectivity index (χ3v) is 3.34. The van der Waals surface area contributed by atoms with Gasteiger partial charge in [0, 0.05) is 12.1 Å². The number of amides is 1. The lowest BCUT2D eigenvalue weighted by atomic mass is 10.0. The van der Waals surface area contributed by atoms with E-state index in [0.717, 1.165) is 5.56 Å². The van der Waals surface area contributed by atoms with Crippen molar-refractivity contribution in [2.45, 2.75) is 26.3 Å². The number of nitrogens with one attached hydrogen (secondary N) is 1. The highest BCUT2D eigenvalue weighted by atomic mass is 16.5. The normalized spacial score (nSPS) is 17.5. The maximum absolute atomic E-state index is 12.4. The molecule has 0 fully saturated rings. The minimum absolute atomic E-state index is 0.0878. The van der Waals surface area contributed by atoms with Crippen molar-refractivity contribution in [2.75, 3.05) is 13.7 Å². The molecule has 1 aromatic carbocycles. The highest BCUT2D eigenvalue weighted by Gasteiger charge is 2.37. The van der Waals surface area contributed by atoms with Gasteiger partial charge in [0.15, 0.2) is 0 Å². The highest BCUT2D eigenvalue weighted by molar-refractivity contribution is 5.99. The predicted octanol–water partition coefficient (Wildman–Crippen LogP) is 1.91. The fourth-order valence-electron chi connectivity index (χ4n) is 2.30. The molecule has 1 aliphatic rings. The van der Waals surface area contributed by atoms with Crippen LogP contribution in [0.25, 0.3) is 0 Å². The van der Waals surface area contributed by atoms with Gasteiger partial charge in [0.05, 0.1) is 19.6 Å². The Morgan fingerprint density at radius 2 is 2.10 bits per heavy atom. The van der Waals surface area contributed by atoms with Crippen molar-refractivity contribution in [3.05, 3.63) is 35.4 Å². The number of rotatable bonds is 5. The van der Waals surface area contributed by atoms with Crippen LogP contribution >= 0.6 is 0 Å². The smallest absolute Gasteiger partial charge is 0.308 e. The summed E-state index contributed by atoms with van der Waals surface area (Å²) in [6.45, 7) is 4.81. The summed E-state index contributed by atoms with van der Waals surface area (Å²) in [4.78, 5) is 24.0. The molecular formula is C15H20N2O3.